The van der Waals surface area contributed by atoms with Gasteiger partial charge in [0, 0.05) is 12.3 Å². The molecule has 3 saturated heterocycles. The number of aldehydes is 1. The fourth-order valence-electron chi connectivity index (χ4n) is 15.8. The SMILES string of the molecule is CCC(C)C(=O)O[C@H]1[C@H](O)[C@]2(COC(C)=O)[C@H](O)C[C@]3(C)C(=CC[C@@H]4[C@@]5(C)CC[C@H](O[C@@H]6O[C@H](C(=O)O)[C@@H](O)[C@H](O[C@H]7OC[C@H](O)[C@H](O)[C@H]7O)[C@H]6O[C@@H]6O[C@H](CO)[C@H](O)[C@H](O)[C@H]6O)[C@@](C)(C=O)[C@@H]5CC[C@]43C)[C@@H]2CC1(C)C. The molecule has 0 aromatic rings. The smallest absolute Gasteiger partial charge is 0.335 e. The molecular weight excluding hydrogens is 1020 g/mol. The number of aliphatic hydroxyl groups is 10. The quantitative estimate of drug-likeness (QED) is 0.0456. The Kier molecular flexibility index (Phi) is 17.1. The second-order valence-corrected chi connectivity index (χ2v) is 25.3. The molecule has 5 aliphatic carbocycles. The van der Waals surface area contributed by atoms with Gasteiger partial charge in [0.2, 0.25) is 0 Å². The summed E-state index contributed by atoms with van der Waals surface area (Å²) < 4.78 is 47.9. The molecule has 0 aromatic carbocycles. The first-order valence-corrected chi connectivity index (χ1v) is 27.3. The maximum Gasteiger partial charge on any atom is 0.335 e. The van der Waals surface area contributed by atoms with Gasteiger partial charge in [0.1, 0.15) is 86.1 Å². The molecule has 27 atom stereocenters. The predicted octanol–water partition coefficient (Wildman–Crippen LogP) is -0.395. The number of ether oxygens (including phenoxy) is 8. The van der Waals surface area contributed by atoms with Crippen LogP contribution in [0.2, 0.25) is 0 Å². The van der Waals surface area contributed by atoms with E-state index in [0.717, 1.165) is 11.9 Å². The Labute approximate surface area is 448 Å². The van der Waals surface area contributed by atoms with Crippen LogP contribution in [-0.4, -0.2) is 211 Å². The zero-order chi connectivity index (χ0) is 56.9. The van der Waals surface area contributed by atoms with Crippen molar-refractivity contribution in [3.05, 3.63) is 11.6 Å². The highest BCUT2D eigenvalue weighted by molar-refractivity contribution is 5.73. The van der Waals surface area contributed by atoms with Crippen molar-refractivity contribution in [3.63, 3.8) is 0 Å². The first-order valence-electron chi connectivity index (χ1n) is 27.3. The lowest BCUT2D eigenvalue weighted by Gasteiger charge is -2.72. The van der Waals surface area contributed by atoms with Gasteiger partial charge in [-0.3, -0.25) is 9.59 Å². The number of carbonyl (C=O) groups is 4. The fourth-order valence-corrected chi connectivity index (χ4v) is 15.8. The zero-order valence-electron chi connectivity index (χ0n) is 45.5. The van der Waals surface area contributed by atoms with Crippen molar-refractivity contribution in [2.75, 3.05) is 19.8 Å². The summed E-state index contributed by atoms with van der Waals surface area (Å²) in [6.45, 7) is 15.3. The molecule has 0 radical (unpaired) electrons. The monoisotopic (exact) mass is 1100 g/mol. The number of fused-ring (bicyclic) bond motifs is 7. The lowest BCUT2D eigenvalue weighted by Crippen LogP contribution is -2.72. The summed E-state index contributed by atoms with van der Waals surface area (Å²) in [5, 5.41) is 122. The number of allylic oxidation sites excluding steroid dienone is 2. The van der Waals surface area contributed by atoms with E-state index in [1.807, 2.05) is 20.8 Å². The van der Waals surface area contributed by atoms with Gasteiger partial charge in [0.15, 0.2) is 25.0 Å². The number of carboxylic acids is 1. The lowest BCUT2D eigenvalue weighted by atomic mass is 9.33. The standard InChI is InChI=1S/C54H84O23/c1-10-23(2)45(69)77-43-42(66)54(22-71-24(3)57)26(17-49(43,4)5)25-11-12-30-50(6)15-14-32(51(7,21-56)29(50)13-16-52(30,8)53(25,9)18-31(54)59)73-48-41(76-47-37(64)35(62)34(61)28(19-55)72-47)39(38(65)40(75-48)44(67)68)74-46-36(63)33(60)27(58)20-70-46/h11,21,23,26-43,46-48,55,58-66H,10,12-20,22H2,1-9H3,(H,67,68)/t23?,26-,27-,28+,29+,30+,31+,32-,33-,34-,35-,36+,37+,38-,39-,40-,41+,42-,43-,46+,47-,48+,50-,51-,52+,53+,54-/m0/s1. The van der Waals surface area contributed by atoms with Crippen molar-refractivity contribution in [1.29, 1.82) is 0 Å². The lowest BCUT2D eigenvalue weighted by molar-refractivity contribution is -0.391. The molecule has 0 bridgehead atoms. The predicted molar refractivity (Wildman–Crippen MR) is 262 cm³/mol. The second kappa shape index (κ2) is 21.8. The Morgan fingerprint density at radius 3 is 2.08 bits per heavy atom. The summed E-state index contributed by atoms with van der Waals surface area (Å²) >= 11 is 0. The van der Waals surface area contributed by atoms with Crippen LogP contribution in [0.4, 0.5) is 0 Å². The van der Waals surface area contributed by atoms with Crippen molar-refractivity contribution < 1.29 is 113 Å². The van der Waals surface area contributed by atoms with Gasteiger partial charge in [-0.1, -0.05) is 67.0 Å². The van der Waals surface area contributed by atoms with E-state index < -0.39 is 192 Å². The molecule has 8 rings (SSSR count). The highest BCUT2D eigenvalue weighted by Crippen LogP contribution is 2.76. The van der Waals surface area contributed by atoms with Gasteiger partial charge in [-0.05, 0) is 85.4 Å². The van der Waals surface area contributed by atoms with E-state index >= 15 is 0 Å². The first-order chi connectivity index (χ1) is 35.9. The van der Waals surface area contributed by atoms with E-state index in [1.165, 1.54) is 6.92 Å². The molecule has 23 nitrogen and oxygen atoms in total. The number of rotatable bonds is 14. The minimum atomic E-state index is -2.17. The van der Waals surface area contributed by atoms with Crippen LogP contribution < -0.4 is 0 Å². The van der Waals surface area contributed by atoms with Crippen LogP contribution in [0.1, 0.15) is 114 Å². The van der Waals surface area contributed by atoms with E-state index in [1.54, 1.807) is 13.8 Å². The zero-order valence-corrected chi connectivity index (χ0v) is 45.5. The van der Waals surface area contributed by atoms with Gasteiger partial charge in [-0.2, -0.15) is 0 Å². The van der Waals surface area contributed by atoms with Crippen LogP contribution in [-0.2, 0) is 57.1 Å². The Morgan fingerprint density at radius 2 is 1.45 bits per heavy atom. The third-order valence-electron chi connectivity index (χ3n) is 20.7. The number of hydrogen-bond acceptors (Lipinski definition) is 22. The van der Waals surface area contributed by atoms with Crippen molar-refractivity contribution in [3.8, 4) is 0 Å². The number of aliphatic carboxylic acids is 1. The second-order valence-electron chi connectivity index (χ2n) is 25.3. The molecule has 11 N–H and O–H groups in total. The fraction of sp³-hybridized carbons (Fsp3) is 0.889. The van der Waals surface area contributed by atoms with E-state index in [2.05, 4.69) is 26.8 Å². The molecular formula is C54H84O23. The summed E-state index contributed by atoms with van der Waals surface area (Å²) in [5.41, 5.74) is -4.39. The Bertz CT molecular complexity index is 2210. The highest BCUT2D eigenvalue weighted by atomic mass is 16.8. The van der Waals surface area contributed by atoms with E-state index in [9.17, 15) is 75.3 Å². The molecule has 0 amide bonds. The number of carboxylic acid groups (broad SMARTS) is 1. The van der Waals surface area contributed by atoms with E-state index in [4.69, 9.17) is 37.9 Å². The molecule has 0 spiro atoms. The first kappa shape index (κ1) is 60.3. The highest BCUT2D eigenvalue weighted by Gasteiger charge is 2.74. The summed E-state index contributed by atoms with van der Waals surface area (Å²) in [6, 6.07) is 0. The number of aliphatic hydroxyl groups excluding tert-OH is 10. The average Bonchev–Trinajstić information content (AvgIpc) is 3.51. The molecule has 8 aliphatic rings. The summed E-state index contributed by atoms with van der Waals surface area (Å²) in [7, 11) is 0. The summed E-state index contributed by atoms with van der Waals surface area (Å²) in [5.74, 6) is -4.23. The summed E-state index contributed by atoms with van der Waals surface area (Å²) in [6.07, 6.45) is -24.9. The third-order valence-corrected chi connectivity index (χ3v) is 20.7. The maximum atomic E-state index is 14.0. The molecule has 438 valence electrons. The van der Waals surface area contributed by atoms with Crippen molar-refractivity contribution in [2.24, 2.45) is 56.2 Å². The van der Waals surface area contributed by atoms with Gasteiger partial charge in [0.05, 0.1) is 42.2 Å². The minimum Gasteiger partial charge on any atom is -0.479 e. The van der Waals surface area contributed by atoms with Gasteiger partial charge < -0.3 is 98.9 Å². The maximum absolute atomic E-state index is 14.0. The average molecular weight is 1100 g/mol. The van der Waals surface area contributed by atoms with Crippen LogP contribution in [0.15, 0.2) is 11.6 Å². The summed E-state index contributed by atoms with van der Waals surface area (Å²) in [4.78, 5) is 52.8. The number of hydrogen-bond donors (Lipinski definition) is 11. The number of esters is 2. The third kappa shape index (κ3) is 9.73. The molecule has 4 saturated carbocycles. The van der Waals surface area contributed by atoms with Gasteiger partial charge in [-0.15, -0.1) is 0 Å². The molecule has 3 heterocycles. The van der Waals surface area contributed by atoms with Crippen molar-refractivity contribution in [2.45, 2.75) is 224 Å². The van der Waals surface area contributed by atoms with Crippen LogP contribution >= 0.6 is 0 Å². The molecule has 77 heavy (non-hydrogen) atoms. The largest absolute Gasteiger partial charge is 0.479 e. The number of carbonyl (C=O) groups excluding carboxylic acids is 3. The Hall–Kier alpha value is -2.82. The molecule has 0 aromatic heterocycles. The van der Waals surface area contributed by atoms with Gasteiger partial charge in [0.25, 0.3) is 0 Å². The molecule has 1 unspecified atom stereocenters. The van der Waals surface area contributed by atoms with E-state index in [-0.39, 0.29) is 25.4 Å². The van der Waals surface area contributed by atoms with Crippen LogP contribution in [0.5, 0.6) is 0 Å². The minimum absolute atomic E-state index is 0.116. The Balaban J connectivity index is 1.13. The van der Waals surface area contributed by atoms with Gasteiger partial charge >= 0.3 is 17.9 Å². The molecule has 3 aliphatic heterocycles. The van der Waals surface area contributed by atoms with Crippen LogP contribution in [0.3, 0.4) is 0 Å². The normalized spacial score (nSPS) is 50.8. The van der Waals surface area contributed by atoms with Crippen molar-refractivity contribution >= 4 is 24.2 Å². The Morgan fingerprint density at radius 1 is 0.792 bits per heavy atom. The molecule has 23 heteroatoms. The van der Waals surface area contributed by atoms with Crippen LogP contribution in [0, 0.1) is 56.2 Å². The van der Waals surface area contributed by atoms with Gasteiger partial charge in [-0.25, -0.2) is 4.79 Å². The van der Waals surface area contributed by atoms with Crippen LogP contribution in [0.25, 0.3) is 0 Å². The topological polar surface area (TPSA) is 365 Å². The van der Waals surface area contributed by atoms with Crippen molar-refractivity contribution in [1.82, 2.24) is 0 Å². The molecule has 7 fully saturated rings. The van der Waals surface area contributed by atoms with E-state index in [0.29, 0.717) is 38.5 Å².